The van der Waals surface area contributed by atoms with E-state index in [-0.39, 0.29) is 16.9 Å². The largest absolute Gasteiger partial charge is 0.452 e. The van der Waals surface area contributed by atoms with Gasteiger partial charge in [0.25, 0.3) is 5.91 Å². The van der Waals surface area contributed by atoms with Gasteiger partial charge >= 0.3 is 5.97 Å². The third-order valence-corrected chi connectivity index (χ3v) is 5.47. The molecule has 0 unspecified atom stereocenters. The van der Waals surface area contributed by atoms with Gasteiger partial charge in [0.15, 0.2) is 6.61 Å². The predicted octanol–water partition coefficient (Wildman–Crippen LogP) is 4.01. The van der Waals surface area contributed by atoms with E-state index in [1.165, 1.54) is 34.7 Å². The molecule has 0 saturated carbocycles. The van der Waals surface area contributed by atoms with Gasteiger partial charge in [-0.2, -0.15) is 5.10 Å². The second-order valence-corrected chi connectivity index (χ2v) is 7.86. The van der Waals surface area contributed by atoms with Crippen LogP contribution >= 0.6 is 22.9 Å². The van der Waals surface area contributed by atoms with Crippen molar-refractivity contribution < 1.29 is 19.1 Å². The fraction of sp³-hybridized carbons (Fsp3) is 0.0455. The fourth-order valence-electron chi connectivity index (χ4n) is 2.94. The molecule has 0 radical (unpaired) electrons. The number of hydrogen-bond acceptors (Lipinski definition) is 7. The Kier molecular flexibility index (Phi) is 6.39. The summed E-state index contributed by atoms with van der Waals surface area (Å²) in [7, 11) is 0. The van der Waals surface area contributed by atoms with Crippen molar-refractivity contribution in [3.8, 4) is 5.69 Å². The minimum Gasteiger partial charge on any atom is -0.452 e. The van der Waals surface area contributed by atoms with Crippen LogP contribution in [0.15, 0.2) is 72.6 Å². The zero-order chi connectivity index (χ0) is 22.5. The number of nitrogens with zero attached hydrogens (tertiary/aromatic N) is 3. The van der Waals surface area contributed by atoms with E-state index in [1.54, 1.807) is 53.9 Å². The number of halogens is 1. The van der Waals surface area contributed by atoms with Crippen LogP contribution in [0.4, 0.5) is 5.69 Å². The van der Waals surface area contributed by atoms with Gasteiger partial charge in [0.05, 0.1) is 21.8 Å². The quantitative estimate of drug-likeness (QED) is 0.326. The van der Waals surface area contributed by atoms with Crippen molar-refractivity contribution >= 4 is 46.3 Å². The SMILES string of the molecule is O=C(COC(=O)c1ccccc1C(=O)c1cccs1)Nc1cc(Cl)ccc1-n1cncn1. The van der Waals surface area contributed by atoms with Crippen LogP contribution in [0.25, 0.3) is 5.69 Å². The first kappa shape index (κ1) is 21.4. The zero-order valence-corrected chi connectivity index (χ0v) is 18.0. The lowest BCUT2D eigenvalue weighted by Gasteiger charge is -2.12. The van der Waals surface area contributed by atoms with E-state index >= 15 is 0 Å². The Morgan fingerprint density at radius 1 is 1.06 bits per heavy atom. The molecule has 10 heteroatoms. The first-order valence-corrected chi connectivity index (χ1v) is 10.6. The molecule has 4 rings (SSSR count). The number of carbonyl (C=O) groups is 3. The summed E-state index contributed by atoms with van der Waals surface area (Å²) in [6, 6.07) is 14.6. The summed E-state index contributed by atoms with van der Waals surface area (Å²) in [5.41, 5.74) is 1.21. The average Bonchev–Trinajstić information content (AvgIpc) is 3.52. The van der Waals surface area contributed by atoms with Gasteiger partial charge in [-0.25, -0.2) is 14.5 Å². The molecule has 1 amide bonds. The van der Waals surface area contributed by atoms with Gasteiger partial charge in [-0.05, 0) is 35.7 Å². The highest BCUT2D eigenvalue weighted by Gasteiger charge is 2.20. The molecule has 0 atom stereocenters. The molecule has 0 spiro atoms. The first-order valence-electron chi connectivity index (χ1n) is 9.31. The van der Waals surface area contributed by atoms with Crippen LogP contribution in [0.1, 0.15) is 25.6 Å². The van der Waals surface area contributed by atoms with E-state index in [9.17, 15) is 14.4 Å². The summed E-state index contributed by atoms with van der Waals surface area (Å²) >= 11 is 7.32. The number of ketones is 1. The van der Waals surface area contributed by atoms with E-state index in [1.807, 2.05) is 0 Å². The van der Waals surface area contributed by atoms with Crippen molar-refractivity contribution in [1.29, 1.82) is 0 Å². The van der Waals surface area contributed by atoms with Crippen LogP contribution in [0.5, 0.6) is 0 Å². The highest BCUT2D eigenvalue weighted by atomic mass is 35.5. The lowest BCUT2D eigenvalue weighted by atomic mass is 10.0. The van der Waals surface area contributed by atoms with Crippen molar-refractivity contribution in [3.05, 3.63) is 93.7 Å². The fourth-order valence-corrected chi connectivity index (χ4v) is 3.79. The molecule has 0 aliphatic heterocycles. The van der Waals surface area contributed by atoms with Crippen LogP contribution in [0.3, 0.4) is 0 Å². The summed E-state index contributed by atoms with van der Waals surface area (Å²) in [5.74, 6) is -1.64. The lowest BCUT2D eigenvalue weighted by molar-refractivity contribution is -0.119. The van der Waals surface area contributed by atoms with Crippen LogP contribution in [0.2, 0.25) is 5.02 Å². The van der Waals surface area contributed by atoms with E-state index in [0.717, 1.165) is 0 Å². The van der Waals surface area contributed by atoms with Crippen molar-refractivity contribution in [2.24, 2.45) is 0 Å². The van der Waals surface area contributed by atoms with Gasteiger partial charge in [-0.3, -0.25) is 9.59 Å². The number of rotatable bonds is 7. The standard InChI is InChI=1S/C22H15ClN4O4S/c23-14-7-8-18(27-13-24-12-25-27)17(10-14)26-20(28)11-31-22(30)16-5-2-1-4-15(16)21(29)19-6-3-9-32-19/h1-10,12-13H,11H2,(H,26,28). The predicted molar refractivity (Wildman–Crippen MR) is 119 cm³/mol. The van der Waals surface area contributed by atoms with Gasteiger partial charge in [0.1, 0.15) is 12.7 Å². The zero-order valence-electron chi connectivity index (χ0n) is 16.4. The maximum Gasteiger partial charge on any atom is 0.339 e. The van der Waals surface area contributed by atoms with E-state index in [2.05, 4.69) is 15.4 Å². The molecule has 0 aliphatic carbocycles. The number of esters is 1. The normalized spacial score (nSPS) is 10.5. The molecule has 2 aromatic carbocycles. The molecule has 0 fully saturated rings. The molecular weight excluding hydrogens is 452 g/mol. The Labute approximate surface area is 191 Å². The smallest absolute Gasteiger partial charge is 0.339 e. The third kappa shape index (κ3) is 4.74. The third-order valence-electron chi connectivity index (χ3n) is 4.37. The van der Waals surface area contributed by atoms with E-state index in [0.29, 0.717) is 21.3 Å². The Morgan fingerprint density at radius 2 is 1.88 bits per heavy atom. The number of thiophene rings is 1. The minimum absolute atomic E-state index is 0.0877. The highest BCUT2D eigenvalue weighted by molar-refractivity contribution is 7.12. The summed E-state index contributed by atoms with van der Waals surface area (Å²) in [6.45, 7) is -0.552. The summed E-state index contributed by atoms with van der Waals surface area (Å²) in [5, 5.41) is 8.88. The number of ether oxygens (including phenoxy) is 1. The van der Waals surface area contributed by atoms with Crippen LogP contribution in [0, 0.1) is 0 Å². The number of aromatic nitrogens is 3. The summed E-state index contributed by atoms with van der Waals surface area (Å²) in [4.78, 5) is 42.1. The Balaban J connectivity index is 1.46. The maximum absolute atomic E-state index is 12.7. The number of benzene rings is 2. The average molecular weight is 467 g/mol. The second kappa shape index (κ2) is 9.54. The first-order chi connectivity index (χ1) is 15.5. The molecule has 0 aliphatic rings. The molecule has 0 saturated heterocycles. The molecule has 2 aromatic heterocycles. The van der Waals surface area contributed by atoms with Gasteiger partial charge in [-0.15, -0.1) is 11.3 Å². The molecule has 1 N–H and O–H groups in total. The van der Waals surface area contributed by atoms with Crippen molar-refractivity contribution in [2.45, 2.75) is 0 Å². The monoisotopic (exact) mass is 466 g/mol. The van der Waals surface area contributed by atoms with Crippen LogP contribution in [-0.4, -0.2) is 39.0 Å². The van der Waals surface area contributed by atoms with Gasteiger partial charge < -0.3 is 10.1 Å². The van der Waals surface area contributed by atoms with E-state index in [4.69, 9.17) is 16.3 Å². The molecule has 8 nitrogen and oxygen atoms in total. The topological polar surface area (TPSA) is 103 Å². The number of hydrogen-bond donors (Lipinski definition) is 1. The summed E-state index contributed by atoms with van der Waals surface area (Å²) < 4.78 is 6.63. The molecule has 160 valence electrons. The van der Waals surface area contributed by atoms with Crippen molar-refractivity contribution in [1.82, 2.24) is 14.8 Å². The molecular formula is C22H15ClN4O4S. The highest BCUT2D eigenvalue weighted by Crippen LogP contribution is 2.24. The van der Waals surface area contributed by atoms with E-state index < -0.39 is 18.5 Å². The number of carbonyl (C=O) groups excluding carboxylic acids is 3. The number of nitrogens with one attached hydrogen (secondary N) is 1. The second-order valence-electron chi connectivity index (χ2n) is 6.48. The Bertz CT molecular complexity index is 1270. The molecule has 32 heavy (non-hydrogen) atoms. The van der Waals surface area contributed by atoms with Gasteiger partial charge in [-0.1, -0.05) is 35.9 Å². The molecule has 2 heterocycles. The molecule has 4 aromatic rings. The Morgan fingerprint density at radius 3 is 2.59 bits per heavy atom. The van der Waals surface area contributed by atoms with Gasteiger partial charge in [0.2, 0.25) is 5.78 Å². The van der Waals surface area contributed by atoms with Crippen LogP contribution < -0.4 is 5.32 Å². The number of amides is 1. The molecule has 0 bridgehead atoms. The van der Waals surface area contributed by atoms with Crippen molar-refractivity contribution in [3.63, 3.8) is 0 Å². The maximum atomic E-state index is 12.7. The summed E-state index contributed by atoms with van der Waals surface area (Å²) in [6.07, 6.45) is 2.83. The van der Waals surface area contributed by atoms with Crippen molar-refractivity contribution in [2.75, 3.05) is 11.9 Å². The van der Waals surface area contributed by atoms with Crippen LogP contribution in [-0.2, 0) is 9.53 Å². The minimum atomic E-state index is -0.775. The number of anilines is 1. The van der Waals surface area contributed by atoms with Gasteiger partial charge in [0, 0.05) is 10.6 Å². The Hall–Kier alpha value is -3.82. The lowest BCUT2D eigenvalue weighted by Crippen LogP contribution is -2.22.